The fraction of sp³-hybridized carbons (Fsp3) is 0.0741. The molecule has 0 spiro atoms. The van der Waals surface area contributed by atoms with Crippen molar-refractivity contribution < 1.29 is 27.1 Å². The van der Waals surface area contributed by atoms with Crippen LogP contribution < -0.4 is 22.6 Å². The van der Waals surface area contributed by atoms with Gasteiger partial charge in [0.15, 0.2) is 0 Å². The Morgan fingerprint density at radius 1 is 0.484 bits per heavy atom. The van der Waals surface area contributed by atoms with Crippen LogP contribution in [0.1, 0.15) is 27.2 Å². The Balaban J connectivity index is 0.000000686. The van der Waals surface area contributed by atoms with Gasteiger partial charge in [0.25, 0.3) is 0 Å². The highest BCUT2D eigenvalue weighted by molar-refractivity contribution is 8.03. The molecule has 2 aliphatic heterocycles. The summed E-state index contributed by atoms with van der Waals surface area (Å²) in [5, 5.41) is 6.70. The zero-order valence-corrected chi connectivity index (χ0v) is 38.8. The highest BCUT2D eigenvalue weighted by Crippen LogP contribution is 2.57. The van der Waals surface area contributed by atoms with Crippen molar-refractivity contribution in [1.29, 1.82) is 0 Å². The minimum absolute atomic E-state index is 0.577. The summed E-state index contributed by atoms with van der Waals surface area (Å²) < 4.78 is 39.6. The normalized spacial score (nSPS) is 15.7. The van der Waals surface area contributed by atoms with E-state index in [1.165, 1.54) is 0 Å². The van der Waals surface area contributed by atoms with E-state index in [1.807, 2.05) is 117 Å². The summed E-state index contributed by atoms with van der Waals surface area (Å²) in [7, 11) is -3.89. The van der Waals surface area contributed by atoms with Gasteiger partial charge in [-0.25, -0.2) is 0 Å². The lowest BCUT2D eigenvalue weighted by Gasteiger charge is -2.26. The minimum atomic E-state index is -1.98. The number of para-hydroxylation sites is 2. The summed E-state index contributed by atoms with van der Waals surface area (Å²) in [4.78, 5) is 3.97. The molecule has 6 nitrogen and oxygen atoms in total. The van der Waals surface area contributed by atoms with Crippen molar-refractivity contribution in [3.63, 3.8) is 0 Å². The van der Waals surface area contributed by atoms with E-state index in [4.69, 9.17) is 27.1 Å². The third kappa shape index (κ3) is 9.67. The molecule has 10 rings (SSSR count). The summed E-state index contributed by atoms with van der Waals surface area (Å²) in [5.41, 5.74) is 1.59. The quantitative estimate of drug-likeness (QED) is 0.110. The smallest absolute Gasteiger partial charge is 0.415 e. The maximum absolute atomic E-state index is 6.80. The third-order valence-electron chi connectivity index (χ3n) is 10.1. The second-order valence-corrected chi connectivity index (χ2v) is 18.6. The fourth-order valence-corrected chi connectivity index (χ4v) is 11.7. The highest BCUT2D eigenvalue weighted by atomic mass is 32.2. The average molecular weight is 915 g/mol. The van der Waals surface area contributed by atoms with Gasteiger partial charge in [-0.05, 0) is 89.0 Å². The van der Waals surface area contributed by atoms with Gasteiger partial charge in [0.1, 0.15) is 35.0 Å². The van der Waals surface area contributed by atoms with E-state index in [1.54, 1.807) is 29.8 Å². The zero-order chi connectivity index (χ0) is 43.7. The molecular weight excluding hydrogens is 871 g/mol. The molecule has 318 valence electrons. The lowest BCUT2D eigenvalue weighted by molar-refractivity contribution is 0.352. The van der Waals surface area contributed by atoms with Crippen LogP contribution in [0.3, 0.4) is 0 Å². The predicted octanol–water partition coefficient (Wildman–Crippen LogP) is 17.8. The lowest BCUT2D eigenvalue weighted by atomic mass is 10.0. The van der Waals surface area contributed by atoms with Gasteiger partial charge in [-0.2, -0.15) is 0 Å². The van der Waals surface area contributed by atoms with Crippen LogP contribution >= 0.6 is 40.7 Å². The molecule has 10 heteroatoms. The minimum Gasteiger partial charge on any atom is -0.415 e. The number of benzene rings is 8. The van der Waals surface area contributed by atoms with Gasteiger partial charge in [0, 0.05) is 16.0 Å². The Hall–Kier alpha value is -6.14. The van der Waals surface area contributed by atoms with Gasteiger partial charge in [-0.1, -0.05) is 188 Å². The number of allylic oxidation sites excluding steroid dienone is 6. The summed E-state index contributed by atoms with van der Waals surface area (Å²) >= 11 is 3.27. The van der Waals surface area contributed by atoms with Crippen molar-refractivity contribution in [2.75, 3.05) is 0 Å². The first-order valence-corrected chi connectivity index (χ1v) is 24.8. The Bertz CT molecular complexity index is 2990. The van der Waals surface area contributed by atoms with Crippen molar-refractivity contribution in [2.24, 2.45) is 0 Å². The molecule has 0 bridgehead atoms. The van der Waals surface area contributed by atoms with Gasteiger partial charge in [-0.3, -0.25) is 0 Å². The molecule has 0 N–H and O–H groups in total. The summed E-state index contributed by atoms with van der Waals surface area (Å²) in [6.45, 7) is 6.13. The second kappa shape index (κ2) is 20.6. The largest absolute Gasteiger partial charge is 0.530 e. The van der Waals surface area contributed by atoms with Crippen molar-refractivity contribution >= 4 is 73.0 Å². The summed E-state index contributed by atoms with van der Waals surface area (Å²) in [5.74, 6) is 3.24. The van der Waals surface area contributed by atoms with E-state index < -0.39 is 17.2 Å². The molecule has 0 radical (unpaired) electrons. The van der Waals surface area contributed by atoms with E-state index in [2.05, 4.69) is 97.9 Å². The first-order valence-electron chi connectivity index (χ1n) is 21.0. The van der Waals surface area contributed by atoms with Crippen LogP contribution in [0.2, 0.25) is 0 Å². The van der Waals surface area contributed by atoms with E-state index in [9.17, 15) is 0 Å². The van der Waals surface area contributed by atoms with Crippen LogP contribution in [-0.4, -0.2) is 0 Å². The van der Waals surface area contributed by atoms with Crippen molar-refractivity contribution in [1.82, 2.24) is 0 Å². The Labute approximate surface area is 385 Å². The number of hydrogen-bond acceptors (Lipinski definition) is 8. The van der Waals surface area contributed by atoms with Crippen molar-refractivity contribution in [3.05, 3.63) is 205 Å². The van der Waals surface area contributed by atoms with Gasteiger partial charge in [0.2, 0.25) is 0 Å². The number of thioether (sulfide) groups is 1. The zero-order valence-electron chi connectivity index (χ0n) is 35.4. The summed E-state index contributed by atoms with van der Waals surface area (Å²) in [6.07, 6.45) is 15.1. The van der Waals surface area contributed by atoms with Crippen LogP contribution in [-0.2, 0) is 4.52 Å². The van der Waals surface area contributed by atoms with Gasteiger partial charge >= 0.3 is 17.2 Å². The molecule has 0 aromatic heterocycles. The number of fused-ring (bicyclic) bond motifs is 9. The Morgan fingerprint density at radius 2 is 0.938 bits per heavy atom. The molecule has 64 heavy (non-hydrogen) atoms. The molecule has 0 saturated carbocycles. The molecule has 0 aliphatic carbocycles. The van der Waals surface area contributed by atoms with Crippen LogP contribution in [0, 0.1) is 0 Å². The van der Waals surface area contributed by atoms with Crippen LogP contribution in [0.15, 0.2) is 220 Å². The van der Waals surface area contributed by atoms with E-state index >= 15 is 0 Å². The van der Waals surface area contributed by atoms with E-state index in [0.29, 0.717) is 28.7 Å². The molecule has 2 heterocycles. The average Bonchev–Trinajstić information content (AvgIpc) is 3.32. The van der Waals surface area contributed by atoms with Gasteiger partial charge in [0.05, 0.1) is 14.7 Å². The molecule has 0 fully saturated rings. The highest BCUT2D eigenvalue weighted by Gasteiger charge is 2.30. The van der Waals surface area contributed by atoms with Crippen LogP contribution in [0.4, 0.5) is 0 Å². The molecular formula is C54H44O6P2S2. The maximum Gasteiger partial charge on any atom is 0.530 e. The second-order valence-electron chi connectivity index (χ2n) is 14.4. The molecule has 0 amide bonds. The van der Waals surface area contributed by atoms with Gasteiger partial charge in [-0.15, -0.1) is 0 Å². The van der Waals surface area contributed by atoms with Crippen molar-refractivity contribution in [3.8, 4) is 39.9 Å². The first-order chi connectivity index (χ1) is 31.6. The fourth-order valence-electron chi connectivity index (χ4n) is 7.16. The van der Waals surface area contributed by atoms with Crippen LogP contribution in [0.25, 0.3) is 43.4 Å². The number of rotatable bonds is 8. The number of hydrogen-bond donors (Lipinski definition) is 0. The van der Waals surface area contributed by atoms with Crippen molar-refractivity contribution in [2.45, 2.75) is 41.9 Å². The van der Waals surface area contributed by atoms with E-state index in [0.717, 1.165) is 69.5 Å². The predicted molar refractivity (Wildman–Crippen MR) is 269 cm³/mol. The monoisotopic (exact) mass is 914 g/mol. The molecule has 1 unspecified atom stereocenters. The Kier molecular flexibility index (Phi) is 13.9. The topological polar surface area (TPSA) is 55.4 Å². The Morgan fingerprint density at radius 3 is 1.44 bits per heavy atom. The van der Waals surface area contributed by atoms with E-state index in [-0.39, 0.29) is 0 Å². The van der Waals surface area contributed by atoms with Gasteiger partial charge < -0.3 is 27.1 Å². The third-order valence-corrected chi connectivity index (χ3v) is 14.5. The molecule has 0 saturated heterocycles. The SMILES string of the molecule is C/C=C/C1=C/OP(Oc2ccccc2-c2ccccc2OP2Oc3ccc4ccccc4c3Sc3c(ccc4ccccc34)O2)Oc2ccc3ccccc3c2S1.C/C=C\C=C\CC. The summed E-state index contributed by atoms with van der Waals surface area (Å²) in [6, 6.07) is 52.9. The molecule has 8 aromatic rings. The van der Waals surface area contributed by atoms with Crippen LogP contribution in [0.5, 0.6) is 28.7 Å². The standard InChI is InChI=1S/C47H32O6P2S2.C7H12/c1-2-13-34-30-48-54(51-42-27-24-31-14-3-6-17-35(31)45(42)56-34)49-40-22-11-9-20-38(40)39-21-10-12-23-41(39)50-55-52-43-28-25-32-15-4-7-18-36(32)46(43)57-47-37-19-8-5-16-33(37)26-29-44(47)53-55;1-3-5-7-6-4-2/h2-30H,1H3;3,5-7H,4H2,1-2H3/b13-2+,34-30-;5-3-,7-6+. The lowest BCUT2D eigenvalue weighted by Crippen LogP contribution is -2.06. The molecule has 8 aromatic carbocycles. The first kappa shape index (κ1) is 43.1. The molecule has 1 atom stereocenters. The maximum atomic E-state index is 6.80. The molecule has 2 aliphatic rings.